The van der Waals surface area contributed by atoms with Gasteiger partial charge in [-0.05, 0) is 17.7 Å². The molecule has 2 aromatic rings. The van der Waals surface area contributed by atoms with Gasteiger partial charge in [0.2, 0.25) is 0 Å². The standard InChI is InChI=1S/C13H13FN4O3/c1-17(6-9-3-2-4-10(14)5-9)13(21)11-7-18(16-15-11)8-12(19)20/h2-5,7H,6,8H2,1H3,(H,19,20). The molecule has 21 heavy (non-hydrogen) atoms. The molecule has 0 atom stereocenters. The molecule has 0 bridgehead atoms. The Hall–Kier alpha value is -2.77. The minimum Gasteiger partial charge on any atom is -0.480 e. The van der Waals surface area contributed by atoms with E-state index in [-0.39, 0.29) is 24.6 Å². The summed E-state index contributed by atoms with van der Waals surface area (Å²) in [5.74, 6) is -1.87. The van der Waals surface area contributed by atoms with Gasteiger partial charge in [-0.1, -0.05) is 17.3 Å². The van der Waals surface area contributed by atoms with E-state index >= 15 is 0 Å². The molecule has 0 fully saturated rings. The lowest BCUT2D eigenvalue weighted by atomic mass is 10.2. The zero-order valence-corrected chi connectivity index (χ0v) is 11.2. The van der Waals surface area contributed by atoms with Gasteiger partial charge in [-0.2, -0.15) is 0 Å². The molecule has 2 rings (SSSR count). The molecule has 110 valence electrons. The zero-order valence-electron chi connectivity index (χ0n) is 11.2. The van der Waals surface area contributed by atoms with E-state index in [1.807, 2.05) is 0 Å². The van der Waals surface area contributed by atoms with Crippen LogP contribution < -0.4 is 0 Å². The molecule has 0 aliphatic heterocycles. The van der Waals surface area contributed by atoms with Gasteiger partial charge >= 0.3 is 5.97 Å². The maximum absolute atomic E-state index is 13.1. The van der Waals surface area contributed by atoms with E-state index in [4.69, 9.17) is 5.11 Å². The molecule has 0 radical (unpaired) electrons. The molecule has 7 nitrogen and oxygen atoms in total. The fraction of sp³-hybridized carbons (Fsp3) is 0.231. The molecule has 1 N–H and O–H groups in total. The smallest absolute Gasteiger partial charge is 0.325 e. The summed E-state index contributed by atoms with van der Waals surface area (Å²) in [7, 11) is 1.55. The zero-order chi connectivity index (χ0) is 15.4. The fourth-order valence-electron chi connectivity index (χ4n) is 1.79. The lowest BCUT2D eigenvalue weighted by Gasteiger charge is -2.15. The molecular weight excluding hydrogens is 279 g/mol. The molecular formula is C13H13FN4O3. The number of carbonyl (C=O) groups is 2. The summed E-state index contributed by atoms with van der Waals surface area (Å²) in [6.45, 7) is -0.156. The molecule has 1 heterocycles. The van der Waals surface area contributed by atoms with Crippen molar-refractivity contribution in [1.29, 1.82) is 0 Å². The van der Waals surface area contributed by atoms with E-state index < -0.39 is 11.9 Å². The highest BCUT2D eigenvalue weighted by atomic mass is 19.1. The summed E-state index contributed by atoms with van der Waals surface area (Å²) in [6, 6.07) is 5.92. The van der Waals surface area contributed by atoms with Crippen molar-refractivity contribution in [3.8, 4) is 0 Å². The van der Waals surface area contributed by atoms with Crippen molar-refractivity contribution in [3.63, 3.8) is 0 Å². The van der Waals surface area contributed by atoms with Gasteiger partial charge in [0, 0.05) is 13.6 Å². The first-order valence-corrected chi connectivity index (χ1v) is 6.07. The lowest BCUT2D eigenvalue weighted by Crippen LogP contribution is -2.26. The lowest BCUT2D eigenvalue weighted by molar-refractivity contribution is -0.137. The highest BCUT2D eigenvalue weighted by Crippen LogP contribution is 2.08. The van der Waals surface area contributed by atoms with Crippen LogP contribution in [-0.2, 0) is 17.9 Å². The summed E-state index contributed by atoms with van der Waals surface area (Å²) in [5, 5.41) is 15.8. The minimum atomic E-state index is -1.08. The quantitative estimate of drug-likeness (QED) is 0.879. The Morgan fingerprint density at radius 1 is 1.43 bits per heavy atom. The average molecular weight is 292 g/mol. The fourth-order valence-corrected chi connectivity index (χ4v) is 1.79. The number of halogens is 1. The van der Waals surface area contributed by atoms with Gasteiger partial charge in [0.25, 0.3) is 5.91 Å². The van der Waals surface area contributed by atoms with Gasteiger partial charge < -0.3 is 10.0 Å². The predicted octanol–water partition coefficient (Wildman–Crippen LogP) is 0.774. The maximum atomic E-state index is 13.1. The highest BCUT2D eigenvalue weighted by Gasteiger charge is 2.16. The van der Waals surface area contributed by atoms with E-state index in [1.54, 1.807) is 19.2 Å². The number of aromatic nitrogens is 3. The molecule has 0 unspecified atom stereocenters. The number of carboxylic acid groups (broad SMARTS) is 1. The number of hydrogen-bond acceptors (Lipinski definition) is 4. The van der Waals surface area contributed by atoms with Crippen LogP contribution in [0.15, 0.2) is 30.5 Å². The SMILES string of the molecule is CN(Cc1cccc(F)c1)C(=O)c1cn(CC(=O)O)nn1. The number of benzene rings is 1. The summed E-state index contributed by atoms with van der Waals surface area (Å²) in [4.78, 5) is 24.0. The van der Waals surface area contributed by atoms with Crippen molar-refractivity contribution in [3.05, 3.63) is 47.5 Å². The summed E-state index contributed by atoms with van der Waals surface area (Å²) in [5.41, 5.74) is 0.680. The molecule has 0 saturated heterocycles. The highest BCUT2D eigenvalue weighted by molar-refractivity contribution is 5.91. The van der Waals surface area contributed by atoms with Crippen LogP contribution >= 0.6 is 0 Å². The van der Waals surface area contributed by atoms with Crippen molar-refractivity contribution < 1.29 is 19.1 Å². The predicted molar refractivity (Wildman–Crippen MR) is 69.9 cm³/mol. The number of nitrogens with zero attached hydrogens (tertiary/aromatic N) is 4. The second kappa shape index (κ2) is 6.12. The Morgan fingerprint density at radius 2 is 2.19 bits per heavy atom. The van der Waals surface area contributed by atoms with Crippen LogP contribution in [0.25, 0.3) is 0 Å². The van der Waals surface area contributed by atoms with Gasteiger partial charge in [-0.25, -0.2) is 9.07 Å². The van der Waals surface area contributed by atoms with Crippen molar-refractivity contribution in [2.24, 2.45) is 0 Å². The number of carboxylic acids is 1. The van der Waals surface area contributed by atoms with Crippen LogP contribution in [0.1, 0.15) is 16.1 Å². The topological polar surface area (TPSA) is 88.3 Å². The molecule has 8 heteroatoms. The maximum Gasteiger partial charge on any atom is 0.325 e. The Balaban J connectivity index is 2.05. The first-order valence-electron chi connectivity index (χ1n) is 6.07. The van der Waals surface area contributed by atoms with E-state index in [0.717, 1.165) is 4.68 Å². The number of rotatable bonds is 5. The first kappa shape index (κ1) is 14.6. The van der Waals surface area contributed by atoms with E-state index in [2.05, 4.69) is 10.3 Å². The molecule has 0 spiro atoms. The van der Waals surface area contributed by atoms with E-state index in [9.17, 15) is 14.0 Å². The monoisotopic (exact) mass is 292 g/mol. The first-order chi connectivity index (χ1) is 9.95. The third kappa shape index (κ3) is 3.85. The van der Waals surface area contributed by atoms with Crippen LogP contribution in [0.5, 0.6) is 0 Å². The van der Waals surface area contributed by atoms with Crippen molar-refractivity contribution in [2.75, 3.05) is 7.05 Å². The molecule has 1 amide bonds. The van der Waals surface area contributed by atoms with Crippen LogP contribution in [0.3, 0.4) is 0 Å². The van der Waals surface area contributed by atoms with Crippen molar-refractivity contribution >= 4 is 11.9 Å². The van der Waals surface area contributed by atoms with Gasteiger partial charge in [0.1, 0.15) is 12.4 Å². The third-order valence-corrected chi connectivity index (χ3v) is 2.71. The average Bonchev–Trinajstić information content (AvgIpc) is 2.85. The summed E-state index contributed by atoms with van der Waals surface area (Å²) in [6.07, 6.45) is 1.26. The van der Waals surface area contributed by atoms with Crippen LogP contribution in [0.2, 0.25) is 0 Å². The Labute approximate surface area is 119 Å². The number of aliphatic carboxylic acids is 1. The van der Waals surface area contributed by atoms with E-state index in [1.165, 1.54) is 23.2 Å². The van der Waals surface area contributed by atoms with Gasteiger partial charge in [0.05, 0.1) is 6.20 Å². The van der Waals surface area contributed by atoms with Gasteiger partial charge in [-0.15, -0.1) is 5.10 Å². The van der Waals surface area contributed by atoms with Gasteiger partial charge in [-0.3, -0.25) is 9.59 Å². The third-order valence-electron chi connectivity index (χ3n) is 2.71. The number of hydrogen-bond donors (Lipinski definition) is 1. The Kier molecular flexibility index (Phi) is 4.27. The molecule has 0 aliphatic rings. The number of carbonyl (C=O) groups excluding carboxylic acids is 1. The van der Waals surface area contributed by atoms with Crippen LogP contribution in [0.4, 0.5) is 4.39 Å². The molecule has 1 aromatic carbocycles. The van der Waals surface area contributed by atoms with Crippen LogP contribution in [-0.4, -0.2) is 43.9 Å². The number of amides is 1. The molecule has 0 saturated carbocycles. The van der Waals surface area contributed by atoms with Gasteiger partial charge in [0.15, 0.2) is 5.69 Å². The van der Waals surface area contributed by atoms with Crippen molar-refractivity contribution in [1.82, 2.24) is 19.9 Å². The van der Waals surface area contributed by atoms with Crippen LogP contribution in [0, 0.1) is 5.82 Å². The second-order valence-corrected chi connectivity index (χ2v) is 4.49. The Morgan fingerprint density at radius 3 is 2.86 bits per heavy atom. The van der Waals surface area contributed by atoms with Crippen molar-refractivity contribution in [2.45, 2.75) is 13.1 Å². The second-order valence-electron chi connectivity index (χ2n) is 4.49. The van der Waals surface area contributed by atoms with E-state index in [0.29, 0.717) is 5.56 Å². The summed E-state index contributed by atoms with van der Waals surface area (Å²) >= 11 is 0. The molecule has 0 aliphatic carbocycles. The largest absolute Gasteiger partial charge is 0.480 e. The normalized spacial score (nSPS) is 10.4. The molecule has 1 aromatic heterocycles. The summed E-state index contributed by atoms with van der Waals surface area (Å²) < 4.78 is 14.1. The minimum absolute atomic E-state index is 0.0372. The Bertz CT molecular complexity index is 671.